The van der Waals surface area contributed by atoms with Crippen LogP contribution in [0.25, 0.3) is 10.9 Å². The number of benzene rings is 1. The second-order valence-corrected chi connectivity index (χ2v) is 10.9. The summed E-state index contributed by atoms with van der Waals surface area (Å²) in [5, 5.41) is 3.85. The van der Waals surface area contributed by atoms with Crippen molar-refractivity contribution in [3.63, 3.8) is 0 Å². The van der Waals surface area contributed by atoms with Crippen molar-refractivity contribution in [1.29, 1.82) is 0 Å². The first-order valence-electron chi connectivity index (χ1n) is 11.7. The van der Waals surface area contributed by atoms with Crippen molar-refractivity contribution in [3.05, 3.63) is 30.5 Å². The van der Waals surface area contributed by atoms with E-state index >= 15 is 0 Å². The summed E-state index contributed by atoms with van der Waals surface area (Å²) in [5.74, 6) is -0.0223. The van der Waals surface area contributed by atoms with Crippen molar-refractivity contribution in [2.45, 2.75) is 37.1 Å². The van der Waals surface area contributed by atoms with E-state index in [0.717, 1.165) is 69.3 Å². The highest BCUT2D eigenvalue weighted by molar-refractivity contribution is 7.89. The normalized spacial score (nSPS) is 19.4. The van der Waals surface area contributed by atoms with E-state index in [1.807, 2.05) is 22.9 Å². The number of piperazine rings is 1. The van der Waals surface area contributed by atoms with Gasteiger partial charge in [-0.25, -0.2) is 8.42 Å². The minimum Gasteiger partial charge on any atom is -0.355 e. The number of rotatable bonds is 8. The SMILES string of the molecule is CN1CCN(CCCNC(=O)Cn2ccc3cc(S(=O)(=O)N4CCCCC4)ccc32)CC1. The molecule has 0 saturated carbocycles. The first-order chi connectivity index (χ1) is 15.4. The van der Waals surface area contributed by atoms with Gasteiger partial charge < -0.3 is 19.7 Å². The lowest BCUT2D eigenvalue weighted by molar-refractivity contribution is -0.121. The lowest BCUT2D eigenvalue weighted by atomic mass is 10.2. The molecule has 0 aliphatic carbocycles. The van der Waals surface area contributed by atoms with Gasteiger partial charge in [-0.15, -0.1) is 0 Å². The predicted octanol–water partition coefficient (Wildman–Crippen LogP) is 1.57. The van der Waals surface area contributed by atoms with Gasteiger partial charge in [0.2, 0.25) is 15.9 Å². The number of sulfonamides is 1. The van der Waals surface area contributed by atoms with Gasteiger partial charge in [-0.1, -0.05) is 6.42 Å². The zero-order valence-corrected chi connectivity index (χ0v) is 19.8. The molecule has 1 aromatic carbocycles. The Hall–Kier alpha value is -1.94. The lowest BCUT2D eigenvalue weighted by Gasteiger charge is -2.32. The number of aromatic nitrogens is 1. The Morgan fingerprint density at radius 2 is 1.75 bits per heavy atom. The van der Waals surface area contributed by atoms with Gasteiger partial charge in [-0.2, -0.15) is 4.31 Å². The lowest BCUT2D eigenvalue weighted by Crippen LogP contribution is -2.45. The molecule has 2 aliphatic rings. The van der Waals surface area contributed by atoms with Gasteiger partial charge in [0, 0.05) is 62.9 Å². The van der Waals surface area contributed by atoms with Crippen LogP contribution in [0.5, 0.6) is 0 Å². The molecule has 0 bridgehead atoms. The number of fused-ring (bicyclic) bond motifs is 1. The molecule has 0 atom stereocenters. The summed E-state index contributed by atoms with van der Waals surface area (Å²) in [6.07, 6.45) is 5.72. The van der Waals surface area contributed by atoms with E-state index in [0.29, 0.717) is 24.5 Å². The maximum absolute atomic E-state index is 12.9. The third kappa shape index (κ3) is 5.51. The first-order valence-corrected chi connectivity index (χ1v) is 13.1. The molecule has 1 aromatic heterocycles. The van der Waals surface area contributed by atoms with Crippen LogP contribution in [0.2, 0.25) is 0 Å². The quantitative estimate of drug-likeness (QED) is 0.604. The Kier molecular flexibility index (Phi) is 7.50. The Balaban J connectivity index is 1.30. The third-order valence-electron chi connectivity index (χ3n) is 6.58. The number of amides is 1. The van der Waals surface area contributed by atoms with Crippen LogP contribution in [0.1, 0.15) is 25.7 Å². The number of piperidine rings is 1. The molecule has 2 fully saturated rings. The molecule has 1 amide bonds. The Morgan fingerprint density at radius 1 is 1.00 bits per heavy atom. The molecule has 0 radical (unpaired) electrons. The average molecular weight is 462 g/mol. The van der Waals surface area contributed by atoms with E-state index in [1.165, 1.54) is 0 Å². The summed E-state index contributed by atoms with van der Waals surface area (Å²) in [5.41, 5.74) is 0.871. The standard InChI is InChI=1S/C23H35N5O3S/c1-25-14-16-26(17-15-25)10-5-9-24-23(29)19-27-13-8-20-18-21(6-7-22(20)27)32(30,31)28-11-3-2-4-12-28/h6-8,13,18H,2-5,9-12,14-17,19H2,1H3,(H,24,29). The summed E-state index contributed by atoms with van der Waals surface area (Å²) >= 11 is 0. The summed E-state index contributed by atoms with van der Waals surface area (Å²) in [6.45, 7) is 7.49. The topological polar surface area (TPSA) is 77.9 Å². The molecule has 0 unspecified atom stereocenters. The fraction of sp³-hybridized carbons (Fsp3) is 0.609. The van der Waals surface area contributed by atoms with Crippen LogP contribution in [-0.4, -0.2) is 92.4 Å². The molecule has 9 heteroatoms. The molecule has 176 valence electrons. The van der Waals surface area contributed by atoms with Crippen molar-refractivity contribution in [3.8, 4) is 0 Å². The van der Waals surface area contributed by atoms with Gasteiger partial charge in [0.15, 0.2) is 0 Å². The van der Waals surface area contributed by atoms with Crippen LogP contribution in [0, 0.1) is 0 Å². The Morgan fingerprint density at radius 3 is 2.50 bits per heavy atom. The minimum absolute atomic E-state index is 0.0223. The highest BCUT2D eigenvalue weighted by atomic mass is 32.2. The van der Waals surface area contributed by atoms with E-state index in [1.54, 1.807) is 16.4 Å². The van der Waals surface area contributed by atoms with Crippen LogP contribution in [0.4, 0.5) is 0 Å². The number of hydrogen-bond donors (Lipinski definition) is 1. The number of nitrogens with zero attached hydrogens (tertiary/aromatic N) is 4. The van der Waals surface area contributed by atoms with Crippen molar-refractivity contribution in [1.82, 2.24) is 24.0 Å². The fourth-order valence-electron chi connectivity index (χ4n) is 4.54. The van der Waals surface area contributed by atoms with Gasteiger partial charge in [-0.05, 0) is 57.1 Å². The second kappa shape index (κ2) is 10.3. The number of nitrogens with one attached hydrogen (secondary N) is 1. The van der Waals surface area contributed by atoms with Crippen molar-refractivity contribution in [2.75, 3.05) is 59.4 Å². The van der Waals surface area contributed by atoms with Crippen molar-refractivity contribution >= 4 is 26.8 Å². The van der Waals surface area contributed by atoms with E-state index in [4.69, 9.17) is 0 Å². The van der Waals surface area contributed by atoms with Crippen molar-refractivity contribution in [2.24, 2.45) is 0 Å². The number of hydrogen-bond acceptors (Lipinski definition) is 5. The average Bonchev–Trinajstić information content (AvgIpc) is 3.20. The number of carbonyl (C=O) groups excluding carboxylic acids is 1. The maximum atomic E-state index is 12.9. The highest BCUT2D eigenvalue weighted by Crippen LogP contribution is 2.25. The summed E-state index contributed by atoms with van der Waals surface area (Å²) in [7, 11) is -1.31. The molecule has 32 heavy (non-hydrogen) atoms. The zero-order valence-electron chi connectivity index (χ0n) is 19.0. The zero-order chi connectivity index (χ0) is 22.6. The molecular formula is C23H35N5O3S. The summed E-state index contributed by atoms with van der Waals surface area (Å²) in [6, 6.07) is 7.08. The van der Waals surface area contributed by atoms with Crippen LogP contribution < -0.4 is 5.32 Å². The largest absolute Gasteiger partial charge is 0.355 e. The third-order valence-corrected chi connectivity index (χ3v) is 8.47. The fourth-order valence-corrected chi connectivity index (χ4v) is 6.10. The van der Waals surface area contributed by atoms with E-state index in [2.05, 4.69) is 22.2 Å². The van der Waals surface area contributed by atoms with E-state index in [9.17, 15) is 13.2 Å². The predicted molar refractivity (Wildman–Crippen MR) is 126 cm³/mol. The van der Waals surface area contributed by atoms with E-state index in [-0.39, 0.29) is 12.5 Å². The molecular weight excluding hydrogens is 426 g/mol. The minimum atomic E-state index is -3.46. The number of likely N-dealkylation sites (N-methyl/N-ethyl adjacent to an activating group) is 1. The summed E-state index contributed by atoms with van der Waals surface area (Å²) < 4.78 is 29.3. The van der Waals surface area contributed by atoms with Crippen LogP contribution in [-0.2, 0) is 21.4 Å². The number of carbonyl (C=O) groups is 1. The van der Waals surface area contributed by atoms with Crippen LogP contribution in [0.15, 0.2) is 35.4 Å². The van der Waals surface area contributed by atoms with Gasteiger partial charge in [0.05, 0.1) is 4.90 Å². The molecule has 3 heterocycles. The molecule has 4 rings (SSSR count). The Bertz CT molecular complexity index is 1020. The van der Waals surface area contributed by atoms with Crippen molar-refractivity contribution < 1.29 is 13.2 Å². The van der Waals surface area contributed by atoms with E-state index < -0.39 is 10.0 Å². The maximum Gasteiger partial charge on any atom is 0.243 e. The van der Waals surface area contributed by atoms with Gasteiger partial charge in [-0.3, -0.25) is 4.79 Å². The summed E-state index contributed by atoms with van der Waals surface area (Å²) in [4.78, 5) is 17.5. The molecule has 0 spiro atoms. The smallest absolute Gasteiger partial charge is 0.243 e. The second-order valence-electron chi connectivity index (χ2n) is 8.98. The first kappa shape index (κ1) is 23.2. The molecule has 2 aliphatic heterocycles. The highest BCUT2D eigenvalue weighted by Gasteiger charge is 2.26. The Labute approximate surface area is 191 Å². The van der Waals surface area contributed by atoms with Gasteiger partial charge >= 0.3 is 0 Å². The molecule has 8 nitrogen and oxygen atoms in total. The van der Waals surface area contributed by atoms with Crippen LogP contribution >= 0.6 is 0 Å². The molecule has 1 N–H and O–H groups in total. The molecule has 2 saturated heterocycles. The molecule has 2 aromatic rings. The van der Waals surface area contributed by atoms with Crippen LogP contribution in [0.3, 0.4) is 0 Å². The van der Waals surface area contributed by atoms with Gasteiger partial charge in [0.1, 0.15) is 6.54 Å². The van der Waals surface area contributed by atoms with Gasteiger partial charge in [0.25, 0.3) is 0 Å². The monoisotopic (exact) mass is 461 g/mol.